The maximum absolute atomic E-state index is 5.58. The summed E-state index contributed by atoms with van der Waals surface area (Å²) in [6.07, 6.45) is 0. The summed E-state index contributed by atoms with van der Waals surface area (Å²) in [5.41, 5.74) is 0. The van der Waals surface area contributed by atoms with Gasteiger partial charge in [-0.1, -0.05) is 13.8 Å². The molecule has 1 rings (SSSR count). The highest BCUT2D eigenvalue weighted by Gasteiger charge is 2.02. The molecule has 4 nitrogen and oxygen atoms in total. The Bertz CT molecular complexity index is 270. The van der Waals surface area contributed by atoms with Crippen LogP contribution in [0.2, 0.25) is 10.6 Å². The third-order valence-corrected chi connectivity index (χ3v) is 1.59. The molecule has 0 bridgehead atoms. The van der Waals surface area contributed by atoms with Crippen molar-refractivity contribution in [2.75, 3.05) is 11.9 Å². The fraction of sp³-hybridized carbons (Fsp3) is 0.571. The smallest absolute Gasteiger partial charge is 0.228 e. The zero-order chi connectivity index (χ0) is 9.84. The van der Waals surface area contributed by atoms with E-state index in [1.165, 1.54) is 0 Å². The van der Waals surface area contributed by atoms with Gasteiger partial charge in [0.2, 0.25) is 16.5 Å². The summed E-state index contributed by atoms with van der Waals surface area (Å²) >= 11 is 11.2. The molecule has 0 aromatic carbocycles. The number of rotatable bonds is 3. The summed E-state index contributed by atoms with van der Waals surface area (Å²) in [4.78, 5) is 11.3. The predicted molar refractivity (Wildman–Crippen MR) is 53.2 cm³/mol. The first kappa shape index (κ1) is 10.5. The average molecular weight is 221 g/mol. The van der Waals surface area contributed by atoms with Gasteiger partial charge in [-0.25, -0.2) is 0 Å². The van der Waals surface area contributed by atoms with Crippen LogP contribution in [-0.2, 0) is 0 Å². The van der Waals surface area contributed by atoms with E-state index in [1.807, 2.05) is 0 Å². The van der Waals surface area contributed by atoms with Crippen LogP contribution in [0.1, 0.15) is 13.8 Å². The van der Waals surface area contributed by atoms with Crippen molar-refractivity contribution >= 4 is 29.2 Å². The van der Waals surface area contributed by atoms with Crippen molar-refractivity contribution in [2.45, 2.75) is 13.8 Å². The van der Waals surface area contributed by atoms with E-state index in [-0.39, 0.29) is 10.6 Å². The van der Waals surface area contributed by atoms with Gasteiger partial charge in [0.1, 0.15) is 0 Å². The molecule has 13 heavy (non-hydrogen) atoms. The summed E-state index contributed by atoms with van der Waals surface area (Å²) < 4.78 is 0. The lowest BCUT2D eigenvalue weighted by Gasteiger charge is -2.06. The largest absolute Gasteiger partial charge is 0.354 e. The zero-order valence-corrected chi connectivity index (χ0v) is 8.89. The molecular formula is C7H10Cl2N4. The van der Waals surface area contributed by atoms with Gasteiger partial charge in [-0.3, -0.25) is 0 Å². The summed E-state index contributed by atoms with van der Waals surface area (Å²) in [5.74, 6) is 0.924. The van der Waals surface area contributed by atoms with E-state index in [2.05, 4.69) is 34.1 Å². The molecule has 6 heteroatoms. The fourth-order valence-corrected chi connectivity index (χ4v) is 1.06. The molecule has 0 saturated heterocycles. The Morgan fingerprint density at radius 3 is 2.15 bits per heavy atom. The Morgan fingerprint density at radius 1 is 1.15 bits per heavy atom. The van der Waals surface area contributed by atoms with E-state index in [0.717, 1.165) is 6.54 Å². The molecule has 0 unspecified atom stereocenters. The van der Waals surface area contributed by atoms with E-state index in [4.69, 9.17) is 23.2 Å². The molecular weight excluding hydrogens is 211 g/mol. The van der Waals surface area contributed by atoms with Crippen molar-refractivity contribution in [3.63, 3.8) is 0 Å². The molecule has 0 saturated carbocycles. The van der Waals surface area contributed by atoms with Crippen LogP contribution in [0.5, 0.6) is 0 Å². The molecule has 1 aromatic heterocycles. The quantitative estimate of drug-likeness (QED) is 0.850. The summed E-state index contributed by atoms with van der Waals surface area (Å²) in [7, 11) is 0. The Labute approximate surface area is 86.7 Å². The Kier molecular flexibility index (Phi) is 3.69. The highest BCUT2D eigenvalue weighted by Crippen LogP contribution is 2.09. The molecule has 72 valence electrons. The van der Waals surface area contributed by atoms with Gasteiger partial charge in [-0.2, -0.15) is 15.0 Å². The zero-order valence-electron chi connectivity index (χ0n) is 7.38. The van der Waals surface area contributed by atoms with Gasteiger partial charge in [-0.15, -0.1) is 0 Å². The van der Waals surface area contributed by atoms with Gasteiger partial charge in [0.15, 0.2) is 0 Å². The SMILES string of the molecule is CC(C)CNc1nc(Cl)nc(Cl)n1. The first-order valence-corrected chi connectivity index (χ1v) is 4.64. The number of anilines is 1. The number of halogens is 2. The van der Waals surface area contributed by atoms with E-state index in [9.17, 15) is 0 Å². The van der Waals surface area contributed by atoms with Crippen LogP contribution in [0.4, 0.5) is 5.95 Å². The summed E-state index contributed by atoms with van der Waals surface area (Å²) in [6.45, 7) is 4.94. The van der Waals surface area contributed by atoms with Crippen LogP contribution in [0.25, 0.3) is 0 Å². The minimum Gasteiger partial charge on any atom is -0.354 e. The molecule has 1 aromatic rings. The van der Waals surface area contributed by atoms with Crippen molar-refractivity contribution < 1.29 is 0 Å². The highest BCUT2D eigenvalue weighted by atomic mass is 35.5. The number of aromatic nitrogens is 3. The minimum atomic E-state index is 0.103. The lowest BCUT2D eigenvalue weighted by molar-refractivity contribution is 0.684. The molecule has 0 aliphatic heterocycles. The van der Waals surface area contributed by atoms with Gasteiger partial charge in [0.05, 0.1) is 0 Å². The molecule has 1 heterocycles. The molecule has 0 aliphatic rings. The molecule has 0 spiro atoms. The Balaban J connectivity index is 2.66. The average Bonchev–Trinajstić information content (AvgIpc) is 1.99. The van der Waals surface area contributed by atoms with Gasteiger partial charge >= 0.3 is 0 Å². The molecule has 0 fully saturated rings. The van der Waals surface area contributed by atoms with Crippen molar-refractivity contribution in [1.82, 2.24) is 15.0 Å². The Morgan fingerprint density at radius 2 is 1.69 bits per heavy atom. The lowest BCUT2D eigenvalue weighted by atomic mass is 10.2. The van der Waals surface area contributed by atoms with E-state index in [1.54, 1.807) is 0 Å². The number of nitrogens with one attached hydrogen (secondary N) is 1. The van der Waals surface area contributed by atoms with Crippen LogP contribution in [0.15, 0.2) is 0 Å². The van der Waals surface area contributed by atoms with Crippen molar-refractivity contribution in [3.8, 4) is 0 Å². The molecule has 0 aliphatic carbocycles. The number of hydrogen-bond donors (Lipinski definition) is 1. The van der Waals surface area contributed by atoms with Gasteiger partial charge in [0.25, 0.3) is 0 Å². The monoisotopic (exact) mass is 220 g/mol. The second-order valence-electron chi connectivity index (χ2n) is 2.97. The van der Waals surface area contributed by atoms with Crippen molar-refractivity contribution in [1.29, 1.82) is 0 Å². The van der Waals surface area contributed by atoms with E-state index in [0.29, 0.717) is 11.9 Å². The topological polar surface area (TPSA) is 50.7 Å². The van der Waals surface area contributed by atoms with Crippen LogP contribution >= 0.6 is 23.2 Å². The molecule has 0 atom stereocenters. The van der Waals surface area contributed by atoms with Crippen LogP contribution in [-0.4, -0.2) is 21.5 Å². The second-order valence-corrected chi connectivity index (χ2v) is 3.65. The number of nitrogens with zero attached hydrogens (tertiary/aromatic N) is 3. The maximum atomic E-state index is 5.58. The first-order chi connectivity index (χ1) is 6.08. The molecule has 1 N–H and O–H groups in total. The number of hydrogen-bond acceptors (Lipinski definition) is 4. The standard InChI is InChI=1S/C7H10Cl2N4/c1-4(2)3-10-7-12-5(8)11-6(9)13-7/h4H,3H2,1-2H3,(H,10,11,12,13). The van der Waals surface area contributed by atoms with Gasteiger partial charge in [0, 0.05) is 6.54 Å². The second kappa shape index (κ2) is 4.58. The van der Waals surface area contributed by atoms with Crippen LogP contribution in [0, 0.1) is 5.92 Å². The third-order valence-electron chi connectivity index (χ3n) is 1.25. The normalized spacial score (nSPS) is 10.5. The van der Waals surface area contributed by atoms with Gasteiger partial charge in [-0.05, 0) is 29.1 Å². The van der Waals surface area contributed by atoms with E-state index >= 15 is 0 Å². The third kappa shape index (κ3) is 3.74. The minimum absolute atomic E-state index is 0.103. The molecule has 0 amide bonds. The van der Waals surface area contributed by atoms with Crippen molar-refractivity contribution in [3.05, 3.63) is 10.6 Å². The van der Waals surface area contributed by atoms with Crippen LogP contribution in [0.3, 0.4) is 0 Å². The first-order valence-electron chi connectivity index (χ1n) is 3.89. The van der Waals surface area contributed by atoms with E-state index < -0.39 is 0 Å². The Hall–Kier alpha value is -0.610. The van der Waals surface area contributed by atoms with Crippen LogP contribution < -0.4 is 5.32 Å². The van der Waals surface area contributed by atoms with Crippen molar-refractivity contribution in [2.24, 2.45) is 5.92 Å². The van der Waals surface area contributed by atoms with Gasteiger partial charge < -0.3 is 5.32 Å². The highest BCUT2D eigenvalue weighted by molar-refractivity contribution is 6.31. The summed E-state index contributed by atoms with van der Waals surface area (Å²) in [6, 6.07) is 0. The fourth-order valence-electron chi connectivity index (χ4n) is 0.700. The maximum Gasteiger partial charge on any atom is 0.228 e. The summed E-state index contributed by atoms with van der Waals surface area (Å²) in [5, 5.41) is 3.20. The lowest BCUT2D eigenvalue weighted by Crippen LogP contribution is -2.11. The predicted octanol–water partition coefficient (Wildman–Crippen LogP) is 2.25. The molecule has 0 radical (unpaired) electrons.